The Morgan fingerprint density at radius 3 is 2.15 bits per heavy atom. The number of hydrogen-bond acceptors (Lipinski definition) is 3. The first-order valence-corrected chi connectivity index (χ1v) is 7.14. The summed E-state index contributed by atoms with van der Waals surface area (Å²) in [6.07, 6.45) is 4.64. The Morgan fingerprint density at radius 2 is 1.65 bits per heavy atom. The van der Waals surface area contributed by atoms with E-state index in [0.717, 1.165) is 17.8 Å². The minimum atomic E-state index is 0.153. The van der Waals surface area contributed by atoms with Crippen LogP contribution in [0.2, 0.25) is 0 Å². The van der Waals surface area contributed by atoms with Gasteiger partial charge in [-0.05, 0) is 43.0 Å². The number of hydrogen-bond donors (Lipinski definition) is 1. The molecular weight excluding hydrogens is 246 g/mol. The molecule has 1 unspecified atom stereocenters. The molecule has 0 bridgehead atoms. The zero-order valence-corrected chi connectivity index (χ0v) is 12.7. The molecule has 0 amide bonds. The van der Waals surface area contributed by atoms with Crippen LogP contribution in [0.4, 0.5) is 0 Å². The number of aryl methyl sites for hydroxylation is 1. The van der Waals surface area contributed by atoms with Crippen molar-refractivity contribution < 1.29 is 0 Å². The largest absolute Gasteiger partial charge is 0.310 e. The molecule has 20 heavy (non-hydrogen) atoms. The van der Waals surface area contributed by atoms with E-state index in [1.54, 1.807) is 0 Å². The maximum absolute atomic E-state index is 4.42. The molecule has 1 N–H and O–H groups in total. The van der Waals surface area contributed by atoms with Crippen LogP contribution in [0.3, 0.4) is 0 Å². The van der Waals surface area contributed by atoms with E-state index in [0.29, 0.717) is 5.92 Å². The van der Waals surface area contributed by atoms with Gasteiger partial charge in [0.1, 0.15) is 5.82 Å². The number of aromatic nitrogens is 2. The summed E-state index contributed by atoms with van der Waals surface area (Å²) < 4.78 is 0. The number of benzene rings is 1. The van der Waals surface area contributed by atoms with Crippen LogP contribution in [0.25, 0.3) is 0 Å². The average Bonchev–Trinajstić information content (AvgIpc) is 2.46. The Morgan fingerprint density at radius 1 is 1.05 bits per heavy atom. The second kappa shape index (κ2) is 6.62. The SMILES string of the molecule is CNC(Cc1ccc(C(C)C)cc1)c1ncc(C)cn1. The predicted molar refractivity (Wildman–Crippen MR) is 82.8 cm³/mol. The molecule has 0 aliphatic rings. The maximum Gasteiger partial charge on any atom is 0.145 e. The van der Waals surface area contributed by atoms with Crippen molar-refractivity contribution in [3.63, 3.8) is 0 Å². The van der Waals surface area contributed by atoms with Gasteiger partial charge in [0.15, 0.2) is 0 Å². The zero-order valence-electron chi connectivity index (χ0n) is 12.7. The lowest BCUT2D eigenvalue weighted by Gasteiger charge is -2.15. The van der Waals surface area contributed by atoms with E-state index < -0.39 is 0 Å². The van der Waals surface area contributed by atoms with Crippen LogP contribution >= 0.6 is 0 Å². The van der Waals surface area contributed by atoms with Crippen LogP contribution in [-0.4, -0.2) is 17.0 Å². The molecule has 0 fully saturated rings. The van der Waals surface area contributed by atoms with Gasteiger partial charge in [0.05, 0.1) is 6.04 Å². The van der Waals surface area contributed by atoms with Crippen molar-refractivity contribution >= 4 is 0 Å². The third kappa shape index (κ3) is 3.64. The summed E-state index contributed by atoms with van der Waals surface area (Å²) in [7, 11) is 1.95. The number of likely N-dealkylation sites (N-methyl/N-ethyl adjacent to an activating group) is 1. The van der Waals surface area contributed by atoms with Gasteiger partial charge >= 0.3 is 0 Å². The molecule has 1 aromatic heterocycles. The molecule has 3 nitrogen and oxygen atoms in total. The first kappa shape index (κ1) is 14.7. The molecule has 2 aromatic rings. The Hall–Kier alpha value is -1.74. The minimum Gasteiger partial charge on any atom is -0.310 e. The summed E-state index contributed by atoms with van der Waals surface area (Å²) in [5, 5.41) is 3.30. The maximum atomic E-state index is 4.42. The fourth-order valence-electron chi connectivity index (χ4n) is 2.18. The third-order valence-corrected chi connectivity index (χ3v) is 3.55. The molecule has 0 aliphatic heterocycles. The van der Waals surface area contributed by atoms with Crippen LogP contribution in [0.15, 0.2) is 36.7 Å². The fourth-order valence-corrected chi connectivity index (χ4v) is 2.18. The predicted octanol–water partition coefficient (Wildman–Crippen LogP) is 3.41. The molecule has 3 heteroatoms. The lowest BCUT2D eigenvalue weighted by molar-refractivity contribution is 0.556. The summed E-state index contributed by atoms with van der Waals surface area (Å²) in [5.74, 6) is 1.43. The molecule has 0 saturated heterocycles. The summed E-state index contributed by atoms with van der Waals surface area (Å²) in [6.45, 7) is 6.43. The van der Waals surface area contributed by atoms with Crippen molar-refractivity contribution in [2.75, 3.05) is 7.05 Å². The van der Waals surface area contributed by atoms with Crippen molar-refractivity contribution in [2.45, 2.75) is 39.2 Å². The topological polar surface area (TPSA) is 37.8 Å². The Kier molecular flexibility index (Phi) is 4.85. The Bertz CT molecular complexity index is 529. The van der Waals surface area contributed by atoms with E-state index in [1.165, 1.54) is 11.1 Å². The van der Waals surface area contributed by atoms with Crippen molar-refractivity contribution in [1.82, 2.24) is 15.3 Å². The molecule has 1 heterocycles. The van der Waals surface area contributed by atoms with E-state index in [2.05, 4.69) is 53.4 Å². The number of nitrogens with one attached hydrogen (secondary N) is 1. The number of rotatable bonds is 5. The smallest absolute Gasteiger partial charge is 0.145 e. The van der Waals surface area contributed by atoms with Crippen molar-refractivity contribution in [3.8, 4) is 0 Å². The monoisotopic (exact) mass is 269 g/mol. The lowest BCUT2D eigenvalue weighted by atomic mass is 9.99. The molecule has 0 spiro atoms. The van der Waals surface area contributed by atoms with Gasteiger partial charge in [-0.2, -0.15) is 0 Å². The first-order valence-electron chi connectivity index (χ1n) is 7.14. The van der Waals surface area contributed by atoms with Gasteiger partial charge < -0.3 is 5.32 Å². The van der Waals surface area contributed by atoms with Crippen molar-refractivity contribution in [1.29, 1.82) is 0 Å². The lowest BCUT2D eigenvalue weighted by Crippen LogP contribution is -2.21. The van der Waals surface area contributed by atoms with Crippen molar-refractivity contribution in [3.05, 3.63) is 59.2 Å². The third-order valence-electron chi connectivity index (χ3n) is 3.55. The van der Waals surface area contributed by atoms with Crippen LogP contribution in [-0.2, 0) is 6.42 Å². The van der Waals surface area contributed by atoms with Gasteiger partial charge in [0, 0.05) is 12.4 Å². The molecule has 0 aliphatic carbocycles. The highest BCUT2D eigenvalue weighted by Gasteiger charge is 2.13. The average molecular weight is 269 g/mol. The molecule has 1 atom stereocenters. The molecular formula is C17H23N3. The van der Waals surface area contributed by atoms with Gasteiger partial charge in [0.25, 0.3) is 0 Å². The van der Waals surface area contributed by atoms with E-state index in [4.69, 9.17) is 0 Å². The summed E-state index contributed by atoms with van der Waals surface area (Å²) in [5.41, 5.74) is 3.77. The van der Waals surface area contributed by atoms with Gasteiger partial charge in [-0.3, -0.25) is 0 Å². The zero-order chi connectivity index (χ0) is 14.5. The van der Waals surface area contributed by atoms with Crippen LogP contribution in [0.1, 0.15) is 48.3 Å². The summed E-state index contributed by atoms with van der Waals surface area (Å²) in [6, 6.07) is 8.98. The standard InChI is InChI=1S/C17H23N3/c1-12(2)15-7-5-14(6-8-15)9-16(18-4)17-19-10-13(3)11-20-17/h5-8,10-12,16,18H,9H2,1-4H3. The van der Waals surface area contributed by atoms with Gasteiger partial charge in [-0.25, -0.2) is 9.97 Å². The van der Waals surface area contributed by atoms with E-state index in [1.807, 2.05) is 26.4 Å². The van der Waals surface area contributed by atoms with Gasteiger partial charge in [-0.1, -0.05) is 38.1 Å². The Balaban J connectivity index is 2.11. The van der Waals surface area contributed by atoms with E-state index in [9.17, 15) is 0 Å². The first-order chi connectivity index (χ1) is 9.60. The highest BCUT2D eigenvalue weighted by atomic mass is 15.0. The van der Waals surface area contributed by atoms with Gasteiger partial charge in [0.2, 0.25) is 0 Å². The minimum absolute atomic E-state index is 0.153. The summed E-state index contributed by atoms with van der Waals surface area (Å²) in [4.78, 5) is 8.84. The van der Waals surface area contributed by atoms with Crippen LogP contribution < -0.4 is 5.32 Å². The Labute approximate surface area is 121 Å². The van der Waals surface area contributed by atoms with Crippen LogP contribution in [0, 0.1) is 6.92 Å². The quantitative estimate of drug-likeness (QED) is 0.904. The van der Waals surface area contributed by atoms with E-state index in [-0.39, 0.29) is 6.04 Å². The normalized spacial score (nSPS) is 12.7. The second-order valence-electron chi connectivity index (χ2n) is 5.56. The molecule has 1 aromatic carbocycles. The van der Waals surface area contributed by atoms with Crippen LogP contribution in [0.5, 0.6) is 0 Å². The van der Waals surface area contributed by atoms with Gasteiger partial charge in [-0.15, -0.1) is 0 Å². The fraction of sp³-hybridized carbons (Fsp3) is 0.412. The molecule has 106 valence electrons. The molecule has 2 rings (SSSR count). The summed E-state index contributed by atoms with van der Waals surface area (Å²) >= 11 is 0. The molecule has 0 saturated carbocycles. The molecule has 0 radical (unpaired) electrons. The second-order valence-corrected chi connectivity index (χ2v) is 5.56. The number of nitrogens with zero attached hydrogens (tertiary/aromatic N) is 2. The van der Waals surface area contributed by atoms with E-state index >= 15 is 0 Å². The highest BCUT2D eigenvalue weighted by Crippen LogP contribution is 2.18. The van der Waals surface area contributed by atoms with Crippen molar-refractivity contribution in [2.24, 2.45) is 0 Å². The highest BCUT2D eigenvalue weighted by molar-refractivity contribution is 5.25.